The highest BCUT2D eigenvalue weighted by Crippen LogP contribution is 2.13. The highest BCUT2D eigenvalue weighted by atomic mass is 16.6. The molecule has 0 bridgehead atoms. The first-order valence-electron chi connectivity index (χ1n) is 5.23. The Hall–Kier alpha value is -0.770. The zero-order chi connectivity index (χ0) is 10.6. The average molecular weight is 200 g/mol. The normalized spacial score (nSPS) is 23.2. The van der Waals surface area contributed by atoms with Crippen LogP contribution in [-0.2, 0) is 4.74 Å². The Morgan fingerprint density at radius 3 is 2.86 bits per heavy atom. The summed E-state index contributed by atoms with van der Waals surface area (Å²) < 4.78 is 5.33. The second kappa shape index (κ2) is 5.20. The molecular weight excluding hydrogens is 180 g/mol. The molecule has 1 unspecified atom stereocenters. The standard InChI is InChI=1S/C10H20N2O2/c1-4-12-7-5-6-9(8-12)14-10(13)11(2)3/h9H,4-8H2,1-3H3. The van der Waals surface area contributed by atoms with Crippen LogP contribution < -0.4 is 0 Å². The van der Waals surface area contributed by atoms with Crippen molar-refractivity contribution in [2.24, 2.45) is 0 Å². The number of carbonyl (C=O) groups is 1. The minimum atomic E-state index is -0.229. The fraction of sp³-hybridized carbons (Fsp3) is 0.900. The highest BCUT2D eigenvalue weighted by molar-refractivity contribution is 5.66. The largest absolute Gasteiger partial charge is 0.445 e. The SMILES string of the molecule is CCN1CCCC(OC(=O)N(C)C)C1. The van der Waals surface area contributed by atoms with E-state index in [0.717, 1.165) is 32.5 Å². The van der Waals surface area contributed by atoms with Crippen LogP contribution in [0.2, 0.25) is 0 Å². The number of likely N-dealkylation sites (tertiary alicyclic amines) is 1. The van der Waals surface area contributed by atoms with Crippen molar-refractivity contribution < 1.29 is 9.53 Å². The van der Waals surface area contributed by atoms with Gasteiger partial charge in [0, 0.05) is 20.6 Å². The van der Waals surface area contributed by atoms with Gasteiger partial charge >= 0.3 is 6.09 Å². The van der Waals surface area contributed by atoms with Crippen molar-refractivity contribution in [3.05, 3.63) is 0 Å². The maximum absolute atomic E-state index is 11.3. The Morgan fingerprint density at radius 1 is 1.57 bits per heavy atom. The first-order chi connectivity index (χ1) is 6.63. The maximum atomic E-state index is 11.3. The number of ether oxygens (including phenoxy) is 1. The Balaban J connectivity index is 2.34. The Bertz CT molecular complexity index is 195. The van der Waals surface area contributed by atoms with Gasteiger partial charge in [0.25, 0.3) is 0 Å². The third-order valence-electron chi connectivity index (χ3n) is 2.54. The number of carbonyl (C=O) groups excluding carboxylic acids is 1. The number of hydrogen-bond acceptors (Lipinski definition) is 3. The van der Waals surface area contributed by atoms with Crippen molar-refractivity contribution in [1.82, 2.24) is 9.80 Å². The van der Waals surface area contributed by atoms with Crippen molar-refractivity contribution in [3.8, 4) is 0 Å². The summed E-state index contributed by atoms with van der Waals surface area (Å²) in [6.07, 6.45) is 1.97. The molecule has 0 aliphatic carbocycles. The van der Waals surface area contributed by atoms with Crippen LogP contribution >= 0.6 is 0 Å². The molecule has 1 aliphatic heterocycles. The van der Waals surface area contributed by atoms with Gasteiger partial charge in [0.1, 0.15) is 6.10 Å². The lowest BCUT2D eigenvalue weighted by atomic mass is 10.1. The number of likely N-dealkylation sites (N-methyl/N-ethyl adjacent to an activating group) is 1. The van der Waals surface area contributed by atoms with Crippen LogP contribution in [-0.4, -0.2) is 55.7 Å². The quantitative estimate of drug-likeness (QED) is 0.670. The van der Waals surface area contributed by atoms with E-state index in [1.807, 2.05) is 0 Å². The molecular formula is C10H20N2O2. The number of hydrogen-bond donors (Lipinski definition) is 0. The average Bonchev–Trinajstić information content (AvgIpc) is 2.18. The Kier molecular flexibility index (Phi) is 4.20. The van der Waals surface area contributed by atoms with Gasteiger partial charge in [-0.25, -0.2) is 4.79 Å². The summed E-state index contributed by atoms with van der Waals surface area (Å²) in [7, 11) is 3.42. The van der Waals surface area contributed by atoms with Gasteiger partial charge in [-0.2, -0.15) is 0 Å². The molecule has 1 atom stereocenters. The minimum absolute atomic E-state index is 0.0820. The maximum Gasteiger partial charge on any atom is 0.409 e. The molecule has 1 fully saturated rings. The molecule has 1 amide bonds. The lowest BCUT2D eigenvalue weighted by Gasteiger charge is -2.31. The molecule has 14 heavy (non-hydrogen) atoms. The van der Waals surface area contributed by atoms with Crippen LogP contribution in [0.5, 0.6) is 0 Å². The highest BCUT2D eigenvalue weighted by Gasteiger charge is 2.22. The Morgan fingerprint density at radius 2 is 2.29 bits per heavy atom. The molecule has 0 saturated carbocycles. The van der Waals surface area contributed by atoms with E-state index in [2.05, 4.69) is 11.8 Å². The Labute approximate surface area is 85.8 Å². The molecule has 1 heterocycles. The topological polar surface area (TPSA) is 32.8 Å². The van der Waals surface area contributed by atoms with Crippen LogP contribution in [0, 0.1) is 0 Å². The van der Waals surface area contributed by atoms with Crippen LogP contribution in [0.4, 0.5) is 4.79 Å². The van der Waals surface area contributed by atoms with Gasteiger partial charge in [0.05, 0.1) is 0 Å². The van der Waals surface area contributed by atoms with E-state index >= 15 is 0 Å². The molecule has 0 aromatic rings. The summed E-state index contributed by atoms with van der Waals surface area (Å²) >= 11 is 0. The first-order valence-corrected chi connectivity index (χ1v) is 5.23. The number of nitrogens with zero attached hydrogens (tertiary/aromatic N) is 2. The van der Waals surface area contributed by atoms with Crippen LogP contribution in [0.1, 0.15) is 19.8 Å². The van der Waals surface area contributed by atoms with Crippen molar-refractivity contribution in [3.63, 3.8) is 0 Å². The smallest absolute Gasteiger partial charge is 0.409 e. The molecule has 0 radical (unpaired) electrons. The molecule has 0 N–H and O–H groups in total. The van der Waals surface area contributed by atoms with Crippen molar-refractivity contribution in [2.75, 3.05) is 33.7 Å². The molecule has 4 heteroatoms. The number of amides is 1. The molecule has 0 spiro atoms. The fourth-order valence-electron chi connectivity index (χ4n) is 1.64. The molecule has 82 valence electrons. The third-order valence-corrected chi connectivity index (χ3v) is 2.54. The third kappa shape index (κ3) is 3.18. The van der Waals surface area contributed by atoms with Crippen LogP contribution in [0.15, 0.2) is 0 Å². The van der Waals surface area contributed by atoms with Crippen molar-refractivity contribution in [1.29, 1.82) is 0 Å². The van der Waals surface area contributed by atoms with Gasteiger partial charge in [-0.15, -0.1) is 0 Å². The van der Waals surface area contributed by atoms with E-state index in [4.69, 9.17) is 4.74 Å². The molecule has 1 aliphatic rings. The zero-order valence-corrected chi connectivity index (χ0v) is 9.32. The number of piperidine rings is 1. The summed E-state index contributed by atoms with van der Waals surface area (Å²) in [5.41, 5.74) is 0. The second-order valence-electron chi connectivity index (χ2n) is 3.94. The minimum Gasteiger partial charge on any atom is -0.445 e. The van der Waals surface area contributed by atoms with Crippen molar-refractivity contribution >= 4 is 6.09 Å². The molecule has 0 aromatic carbocycles. The molecule has 4 nitrogen and oxygen atoms in total. The first kappa shape index (κ1) is 11.3. The zero-order valence-electron chi connectivity index (χ0n) is 9.32. The molecule has 0 aromatic heterocycles. The van der Waals surface area contributed by atoms with E-state index in [-0.39, 0.29) is 12.2 Å². The monoisotopic (exact) mass is 200 g/mol. The summed E-state index contributed by atoms with van der Waals surface area (Å²) in [6.45, 7) is 5.19. The van der Waals surface area contributed by atoms with Crippen molar-refractivity contribution in [2.45, 2.75) is 25.9 Å². The lowest BCUT2D eigenvalue weighted by molar-refractivity contribution is 0.0302. The van der Waals surface area contributed by atoms with Gasteiger partial charge in [-0.1, -0.05) is 6.92 Å². The van der Waals surface area contributed by atoms with Gasteiger partial charge < -0.3 is 9.64 Å². The van der Waals surface area contributed by atoms with Gasteiger partial charge in [0.2, 0.25) is 0 Å². The van der Waals surface area contributed by atoms with E-state index in [1.165, 1.54) is 4.90 Å². The summed E-state index contributed by atoms with van der Waals surface area (Å²) in [5, 5.41) is 0. The van der Waals surface area contributed by atoms with Gasteiger partial charge in [0.15, 0.2) is 0 Å². The van der Waals surface area contributed by atoms with Gasteiger partial charge in [-0.3, -0.25) is 4.90 Å². The predicted molar refractivity (Wildman–Crippen MR) is 55.3 cm³/mol. The van der Waals surface area contributed by atoms with Gasteiger partial charge in [-0.05, 0) is 25.9 Å². The second-order valence-corrected chi connectivity index (χ2v) is 3.94. The van der Waals surface area contributed by atoms with E-state index < -0.39 is 0 Å². The lowest BCUT2D eigenvalue weighted by Crippen LogP contribution is -2.41. The summed E-state index contributed by atoms with van der Waals surface area (Å²) in [5.74, 6) is 0. The molecule has 1 saturated heterocycles. The summed E-state index contributed by atoms with van der Waals surface area (Å²) in [6, 6.07) is 0. The number of rotatable bonds is 2. The van der Waals surface area contributed by atoms with Crippen LogP contribution in [0.3, 0.4) is 0 Å². The van der Waals surface area contributed by atoms with E-state index in [0.29, 0.717) is 0 Å². The van der Waals surface area contributed by atoms with Crippen LogP contribution in [0.25, 0.3) is 0 Å². The molecule has 1 rings (SSSR count). The van der Waals surface area contributed by atoms with E-state index in [9.17, 15) is 4.79 Å². The summed E-state index contributed by atoms with van der Waals surface area (Å²) in [4.78, 5) is 15.1. The van der Waals surface area contributed by atoms with E-state index in [1.54, 1.807) is 14.1 Å². The predicted octanol–water partition coefficient (Wildman–Crippen LogP) is 1.17. The fourth-order valence-corrected chi connectivity index (χ4v) is 1.64.